The smallest absolute Gasteiger partial charge is 0.341 e. The summed E-state index contributed by atoms with van der Waals surface area (Å²) < 4.78 is 9.44. The Morgan fingerprint density at radius 2 is 2.13 bits per heavy atom. The Hall–Kier alpha value is -2.22. The summed E-state index contributed by atoms with van der Waals surface area (Å²) in [6, 6.07) is 4.76. The lowest BCUT2D eigenvalue weighted by Gasteiger charge is -2.08. The summed E-state index contributed by atoms with van der Waals surface area (Å²) in [5.41, 5.74) is 5.99. The number of carbonyl (C=O) groups is 1. The Balaban J connectivity index is 3.39. The first kappa shape index (κ1) is 10.9. The standard InChI is InChI=1S/C10H10N2O3/c1-14-7-3-6(5-11)9(8(12)4-7)10(13)15-2/h3-4H,12H2,1-2H3. The van der Waals surface area contributed by atoms with Crippen molar-refractivity contribution in [2.24, 2.45) is 0 Å². The molecule has 0 atom stereocenters. The van der Waals surface area contributed by atoms with Crippen molar-refractivity contribution in [3.8, 4) is 11.8 Å². The van der Waals surface area contributed by atoms with Crippen LogP contribution in [-0.4, -0.2) is 20.2 Å². The van der Waals surface area contributed by atoms with Crippen molar-refractivity contribution in [2.75, 3.05) is 20.0 Å². The van der Waals surface area contributed by atoms with E-state index in [1.807, 2.05) is 6.07 Å². The SMILES string of the molecule is COC(=O)c1c(N)cc(OC)cc1C#N. The summed E-state index contributed by atoms with van der Waals surface area (Å²) in [4.78, 5) is 11.3. The summed E-state index contributed by atoms with van der Waals surface area (Å²) >= 11 is 0. The maximum Gasteiger partial charge on any atom is 0.341 e. The molecule has 15 heavy (non-hydrogen) atoms. The molecule has 5 heteroatoms. The number of hydrogen-bond donors (Lipinski definition) is 1. The van der Waals surface area contributed by atoms with Gasteiger partial charge in [0, 0.05) is 6.07 Å². The number of nitrogens with two attached hydrogens (primary N) is 1. The Morgan fingerprint density at radius 3 is 2.60 bits per heavy atom. The minimum absolute atomic E-state index is 0.0702. The van der Waals surface area contributed by atoms with Crippen molar-refractivity contribution in [1.29, 1.82) is 5.26 Å². The van der Waals surface area contributed by atoms with Crippen LogP contribution in [0.15, 0.2) is 12.1 Å². The van der Waals surface area contributed by atoms with Crippen molar-refractivity contribution >= 4 is 11.7 Å². The average Bonchev–Trinajstić information content (AvgIpc) is 2.26. The van der Waals surface area contributed by atoms with Gasteiger partial charge in [0.25, 0.3) is 0 Å². The van der Waals surface area contributed by atoms with Crippen LogP contribution in [0.4, 0.5) is 5.69 Å². The third-order valence-corrected chi connectivity index (χ3v) is 1.89. The molecule has 78 valence electrons. The molecule has 0 aliphatic heterocycles. The third-order valence-electron chi connectivity index (χ3n) is 1.89. The number of carbonyl (C=O) groups excluding carboxylic acids is 1. The van der Waals surface area contributed by atoms with E-state index in [-0.39, 0.29) is 16.8 Å². The fourth-order valence-corrected chi connectivity index (χ4v) is 1.17. The molecule has 1 aromatic carbocycles. The number of ether oxygens (including phenoxy) is 2. The lowest BCUT2D eigenvalue weighted by atomic mass is 10.1. The first-order chi connectivity index (χ1) is 7.13. The Bertz CT molecular complexity index is 435. The molecule has 0 aliphatic carbocycles. The summed E-state index contributed by atoms with van der Waals surface area (Å²) in [6.07, 6.45) is 0. The zero-order chi connectivity index (χ0) is 11.4. The molecule has 0 saturated carbocycles. The van der Waals surface area contributed by atoms with Gasteiger partial charge in [-0.15, -0.1) is 0 Å². The van der Waals surface area contributed by atoms with Gasteiger partial charge in [-0.2, -0.15) is 5.26 Å². The highest BCUT2D eigenvalue weighted by molar-refractivity contribution is 5.98. The molecule has 0 radical (unpaired) electrons. The van der Waals surface area contributed by atoms with E-state index in [1.54, 1.807) is 0 Å². The number of nitrogens with zero attached hydrogens (tertiary/aromatic N) is 1. The van der Waals surface area contributed by atoms with E-state index >= 15 is 0 Å². The molecule has 0 fully saturated rings. The number of hydrogen-bond acceptors (Lipinski definition) is 5. The van der Waals surface area contributed by atoms with Crippen LogP contribution < -0.4 is 10.5 Å². The minimum Gasteiger partial charge on any atom is -0.497 e. The normalized spacial score (nSPS) is 9.13. The molecule has 0 saturated heterocycles. The topological polar surface area (TPSA) is 85.3 Å². The third kappa shape index (κ3) is 1.99. The van der Waals surface area contributed by atoms with Crippen molar-refractivity contribution < 1.29 is 14.3 Å². The molecule has 5 nitrogen and oxygen atoms in total. The first-order valence-electron chi connectivity index (χ1n) is 4.10. The van der Waals surface area contributed by atoms with Crippen LogP contribution in [0.25, 0.3) is 0 Å². The summed E-state index contributed by atoms with van der Waals surface area (Å²) in [5, 5.41) is 8.84. The van der Waals surface area contributed by atoms with Crippen molar-refractivity contribution in [3.63, 3.8) is 0 Å². The Labute approximate surface area is 87.0 Å². The van der Waals surface area contributed by atoms with Crippen LogP contribution in [0.1, 0.15) is 15.9 Å². The highest BCUT2D eigenvalue weighted by Crippen LogP contribution is 2.24. The van der Waals surface area contributed by atoms with Gasteiger partial charge in [0.2, 0.25) is 0 Å². The quantitative estimate of drug-likeness (QED) is 0.574. The number of nitrogen functional groups attached to an aromatic ring is 1. The molecule has 2 N–H and O–H groups in total. The van der Waals surface area contributed by atoms with Crippen LogP contribution in [0, 0.1) is 11.3 Å². The van der Waals surface area contributed by atoms with Gasteiger partial charge in [0.15, 0.2) is 0 Å². The lowest BCUT2D eigenvalue weighted by molar-refractivity contribution is 0.0601. The molecule has 0 unspecified atom stereocenters. The van der Waals surface area contributed by atoms with Gasteiger partial charge < -0.3 is 15.2 Å². The predicted molar refractivity (Wildman–Crippen MR) is 53.5 cm³/mol. The molecule has 0 aromatic heterocycles. The molecule has 0 spiro atoms. The molecule has 0 heterocycles. The molecule has 1 aromatic rings. The van der Waals surface area contributed by atoms with Gasteiger partial charge in [0.1, 0.15) is 17.4 Å². The molecular weight excluding hydrogens is 196 g/mol. The number of esters is 1. The van der Waals surface area contributed by atoms with Crippen LogP contribution in [0.3, 0.4) is 0 Å². The molecule has 0 aliphatic rings. The number of nitriles is 1. The Kier molecular flexibility index (Phi) is 3.13. The monoisotopic (exact) mass is 206 g/mol. The van der Waals surface area contributed by atoms with E-state index < -0.39 is 5.97 Å². The van der Waals surface area contributed by atoms with Gasteiger partial charge in [-0.05, 0) is 6.07 Å². The van der Waals surface area contributed by atoms with Gasteiger partial charge in [-0.1, -0.05) is 0 Å². The van der Waals surface area contributed by atoms with E-state index in [2.05, 4.69) is 4.74 Å². The second-order valence-electron chi connectivity index (χ2n) is 2.74. The summed E-state index contributed by atoms with van der Waals surface area (Å²) in [7, 11) is 2.68. The highest BCUT2D eigenvalue weighted by atomic mass is 16.5. The van der Waals surface area contributed by atoms with Crippen LogP contribution in [0.2, 0.25) is 0 Å². The number of anilines is 1. The van der Waals surface area contributed by atoms with Crippen molar-refractivity contribution in [2.45, 2.75) is 0 Å². The van der Waals surface area contributed by atoms with Crippen LogP contribution >= 0.6 is 0 Å². The molecular formula is C10H10N2O3. The zero-order valence-corrected chi connectivity index (χ0v) is 8.40. The largest absolute Gasteiger partial charge is 0.497 e. The van der Waals surface area contributed by atoms with Gasteiger partial charge in [-0.3, -0.25) is 0 Å². The van der Waals surface area contributed by atoms with Crippen molar-refractivity contribution in [3.05, 3.63) is 23.3 Å². The van der Waals surface area contributed by atoms with E-state index in [1.165, 1.54) is 26.4 Å². The number of rotatable bonds is 2. The number of benzene rings is 1. The lowest BCUT2D eigenvalue weighted by Crippen LogP contribution is -2.08. The second kappa shape index (κ2) is 4.33. The minimum atomic E-state index is -0.633. The molecule has 0 bridgehead atoms. The van der Waals surface area contributed by atoms with Crippen LogP contribution in [-0.2, 0) is 4.74 Å². The van der Waals surface area contributed by atoms with Gasteiger partial charge >= 0.3 is 5.97 Å². The van der Waals surface area contributed by atoms with Gasteiger partial charge in [-0.25, -0.2) is 4.79 Å². The molecule has 0 amide bonds. The zero-order valence-electron chi connectivity index (χ0n) is 8.40. The van der Waals surface area contributed by atoms with E-state index in [0.29, 0.717) is 5.75 Å². The first-order valence-corrected chi connectivity index (χ1v) is 4.10. The summed E-state index contributed by atoms with van der Waals surface area (Å²) in [5.74, 6) is -0.205. The maximum absolute atomic E-state index is 11.3. The highest BCUT2D eigenvalue weighted by Gasteiger charge is 2.17. The van der Waals surface area contributed by atoms with Crippen molar-refractivity contribution in [1.82, 2.24) is 0 Å². The average molecular weight is 206 g/mol. The van der Waals surface area contributed by atoms with Crippen LogP contribution in [0.5, 0.6) is 5.75 Å². The Morgan fingerprint density at radius 1 is 1.47 bits per heavy atom. The second-order valence-corrected chi connectivity index (χ2v) is 2.74. The van der Waals surface area contributed by atoms with E-state index in [0.717, 1.165) is 0 Å². The maximum atomic E-state index is 11.3. The van der Waals surface area contributed by atoms with Gasteiger partial charge in [0.05, 0.1) is 25.5 Å². The van der Waals surface area contributed by atoms with E-state index in [4.69, 9.17) is 15.7 Å². The fraction of sp³-hybridized carbons (Fsp3) is 0.200. The fourth-order valence-electron chi connectivity index (χ4n) is 1.17. The predicted octanol–water partition coefficient (Wildman–Crippen LogP) is 0.936. The summed E-state index contributed by atoms with van der Waals surface area (Å²) in [6.45, 7) is 0. The van der Waals surface area contributed by atoms with E-state index in [9.17, 15) is 4.79 Å². The number of methoxy groups -OCH3 is 2. The molecule has 1 rings (SSSR count).